The molecule has 2 nitrogen and oxygen atoms in total. The Morgan fingerprint density at radius 1 is 0.737 bits per heavy atom. The molecule has 0 aliphatic carbocycles. The Kier molecular flexibility index (Phi) is 4.29. The van der Waals surface area contributed by atoms with E-state index < -0.39 is 5.91 Å². The third-order valence-corrected chi connectivity index (χ3v) is 2.64. The molecule has 0 bridgehead atoms. The molecule has 0 saturated carbocycles. The fourth-order valence-corrected chi connectivity index (χ4v) is 1.65. The highest BCUT2D eigenvalue weighted by atomic mass is 16.1. The van der Waals surface area contributed by atoms with Gasteiger partial charge in [0.1, 0.15) is 0 Å². The first kappa shape index (κ1) is 12.8. The van der Waals surface area contributed by atoms with Crippen LogP contribution in [-0.2, 0) is 4.79 Å². The zero-order valence-electron chi connectivity index (χ0n) is 10.5. The second kappa shape index (κ2) is 6.36. The van der Waals surface area contributed by atoms with E-state index in [4.69, 9.17) is 5.73 Å². The Balaban J connectivity index is 2.07. The second-order valence-electron chi connectivity index (χ2n) is 4.15. The van der Waals surface area contributed by atoms with E-state index >= 15 is 0 Å². The number of carbonyl (C=O) groups excluding carboxylic acids is 1. The summed E-state index contributed by atoms with van der Waals surface area (Å²) in [6, 6.07) is 18.0. The minimum Gasteiger partial charge on any atom is -0.366 e. The zero-order chi connectivity index (χ0) is 13.5. The molecular formula is C17H15NO. The van der Waals surface area contributed by atoms with Crippen molar-refractivity contribution in [3.63, 3.8) is 0 Å². The minimum atomic E-state index is -0.437. The van der Waals surface area contributed by atoms with Gasteiger partial charge in [-0.3, -0.25) is 4.79 Å². The lowest BCUT2D eigenvalue weighted by Crippen LogP contribution is -2.04. The van der Waals surface area contributed by atoms with Gasteiger partial charge in [-0.15, -0.1) is 0 Å². The average Bonchev–Trinajstić information content (AvgIpc) is 2.45. The highest BCUT2D eigenvalue weighted by molar-refractivity contribution is 5.90. The Hall–Kier alpha value is -2.61. The SMILES string of the molecule is NC(=O)/C=C/c1ccc(/C=C/c2ccccc2)cc1. The number of nitrogens with two attached hydrogens (primary N) is 1. The molecule has 0 aromatic heterocycles. The summed E-state index contributed by atoms with van der Waals surface area (Å²) in [6.45, 7) is 0. The number of hydrogen-bond acceptors (Lipinski definition) is 1. The van der Waals surface area contributed by atoms with Gasteiger partial charge in [-0.05, 0) is 22.8 Å². The quantitative estimate of drug-likeness (QED) is 0.655. The fourth-order valence-electron chi connectivity index (χ4n) is 1.65. The summed E-state index contributed by atoms with van der Waals surface area (Å²) in [4.78, 5) is 10.6. The lowest BCUT2D eigenvalue weighted by atomic mass is 10.1. The van der Waals surface area contributed by atoms with Gasteiger partial charge in [0.2, 0.25) is 5.91 Å². The monoisotopic (exact) mass is 249 g/mol. The molecule has 0 aliphatic heterocycles. The van der Waals surface area contributed by atoms with Crippen molar-refractivity contribution in [2.45, 2.75) is 0 Å². The van der Waals surface area contributed by atoms with E-state index in [0.29, 0.717) is 0 Å². The van der Waals surface area contributed by atoms with Crippen LogP contribution in [0.1, 0.15) is 16.7 Å². The van der Waals surface area contributed by atoms with Crippen LogP contribution in [0.2, 0.25) is 0 Å². The predicted molar refractivity (Wildman–Crippen MR) is 80.0 cm³/mol. The third kappa shape index (κ3) is 4.28. The minimum absolute atomic E-state index is 0.437. The topological polar surface area (TPSA) is 43.1 Å². The Morgan fingerprint density at radius 3 is 1.74 bits per heavy atom. The van der Waals surface area contributed by atoms with Gasteiger partial charge >= 0.3 is 0 Å². The number of carbonyl (C=O) groups is 1. The highest BCUT2D eigenvalue weighted by Gasteiger charge is 1.90. The van der Waals surface area contributed by atoms with Gasteiger partial charge in [-0.1, -0.05) is 66.7 Å². The van der Waals surface area contributed by atoms with Crippen molar-refractivity contribution >= 4 is 24.1 Å². The molecule has 2 rings (SSSR count). The molecule has 0 spiro atoms. The number of rotatable bonds is 4. The third-order valence-electron chi connectivity index (χ3n) is 2.64. The molecule has 0 heterocycles. The zero-order valence-corrected chi connectivity index (χ0v) is 10.5. The average molecular weight is 249 g/mol. The van der Waals surface area contributed by atoms with Crippen LogP contribution in [0.3, 0.4) is 0 Å². The van der Waals surface area contributed by atoms with Crippen molar-refractivity contribution in [1.29, 1.82) is 0 Å². The maximum atomic E-state index is 10.6. The summed E-state index contributed by atoms with van der Waals surface area (Å²) in [5.74, 6) is -0.437. The largest absolute Gasteiger partial charge is 0.366 e. The van der Waals surface area contributed by atoms with Crippen LogP contribution in [0.15, 0.2) is 60.7 Å². The molecule has 2 heteroatoms. The van der Waals surface area contributed by atoms with Gasteiger partial charge in [-0.25, -0.2) is 0 Å². The molecule has 19 heavy (non-hydrogen) atoms. The van der Waals surface area contributed by atoms with Crippen LogP contribution in [-0.4, -0.2) is 5.91 Å². The molecule has 94 valence electrons. The smallest absolute Gasteiger partial charge is 0.241 e. The van der Waals surface area contributed by atoms with Gasteiger partial charge in [0.05, 0.1) is 0 Å². The number of hydrogen-bond donors (Lipinski definition) is 1. The van der Waals surface area contributed by atoms with Crippen LogP contribution in [0.25, 0.3) is 18.2 Å². The maximum Gasteiger partial charge on any atom is 0.241 e. The summed E-state index contributed by atoms with van der Waals surface area (Å²) < 4.78 is 0. The van der Waals surface area contributed by atoms with Crippen LogP contribution in [0.5, 0.6) is 0 Å². The fraction of sp³-hybridized carbons (Fsp3) is 0. The lowest BCUT2D eigenvalue weighted by molar-refractivity contribution is -0.113. The van der Waals surface area contributed by atoms with Gasteiger partial charge in [0, 0.05) is 6.08 Å². The predicted octanol–water partition coefficient (Wildman–Crippen LogP) is 3.36. The molecule has 0 fully saturated rings. The summed E-state index contributed by atoms with van der Waals surface area (Å²) in [6.07, 6.45) is 7.17. The lowest BCUT2D eigenvalue weighted by Gasteiger charge is -1.96. The van der Waals surface area contributed by atoms with E-state index in [0.717, 1.165) is 11.1 Å². The van der Waals surface area contributed by atoms with Gasteiger partial charge in [0.15, 0.2) is 0 Å². The maximum absolute atomic E-state index is 10.6. The Bertz CT molecular complexity index is 595. The van der Waals surface area contributed by atoms with Gasteiger partial charge in [-0.2, -0.15) is 0 Å². The van der Waals surface area contributed by atoms with Crippen molar-refractivity contribution < 1.29 is 4.79 Å². The summed E-state index contributed by atoms with van der Waals surface area (Å²) in [5, 5.41) is 0. The van der Waals surface area contributed by atoms with Crippen molar-refractivity contribution in [3.05, 3.63) is 77.4 Å². The van der Waals surface area contributed by atoms with Crippen LogP contribution >= 0.6 is 0 Å². The summed E-state index contributed by atoms with van der Waals surface area (Å²) in [7, 11) is 0. The van der Waals surface area contributed by atoms with E-state index in [9.17, 15) is 4.79 Å². The number of amides is 1. The number of benzene rings is 2. The molecule has 0 aliphatic rings. The molecule has 2 aromatic carbocycles. The standard InChI is InChI=1S/C17H15NO/c18-17(19)13-12-16-10-8-15(9-11-16)7-6-14-4-2-1-3-5-14/h1-13H,(H2,18,19)/b7-6+,13-12+. The van der Waals surface area contributed by atoms with E-state index in [-0.39, 0.29) is 0 Å². The molecule has 2 aromatic rings. The Morgan fingerprint density at radius 2 is 1.21 bits per heavy atom. The Labute approximate surface area is 112 Å². The van der Waals surface area contributed by atoms with Crippen molar-refractivity contribution in [1.82, 2.24) is 0 Å². The first-order chi connectivity index (χ1) is 9.24. The second-order valence-corrected chi connectivity index (χ2v) is 4.15. The molecule has 1 amide bonds. The normalized spacial score (nSPS) is 11.2. The van der Waals surface area contributed by atoms with E-state index in [1.165, 1.54) is 11.6 Å². The molecular weight excluding hydrogens is 234 g/mol. The molecule has 0 unspecified atom stereocenters. The van der Waals surface area contributed by atoms with Crippen LogP contribution in [0.4, 0.5) is 0 Å². The molecule has 0 saturated heterocycles. The van der Waals surface area contributed by atoms with Gasteiger partial charge < -0.3 is 5.73 Å². The van der Waals surface area contributed by atoms with Crippen LogP contribution < -0.4 is 5.73 Å². The van der Waals surface area contributed by atoms with Crippen molar-refractivity contribution in [2.75, 3.05) is 0 Å². The van der Waals surface area contributed by atoms with E-state index in [2.05, 4.69) is 24.3 Å². The summed E-state index contributed by atoms with van der Waals surface area (Å²) >= 11 is 0. The first-order valence-corrected chi connectivity index (χ1v) is 6.05. The molecule has 2 N–H and O–H groups in total. The summed E-state index contributed by atoms with van der Waals surface area (Å²) in [5.41, 5.74) is 8.28. The van der Waals surface area contributed by atoms with E-state index in [1.54, 1.807) is 6.08 Å². The van der Waals surface area contributed by atoms with Crippen LogP contribution in [0, 0.1) is 0 Å². The van der Waals surface area contributed by atoms with Crippen molar-refractivity contribution in [3.8, 4) is 0 Å². The van der Waals surface area contributed by atoms with Gasteiger partial charge in [0.25, 0.3) is 0 Å². The molecule has 0 atom stereocenters. The van der Waals surface area contributed by atoms with E-state index in [1.807, 2.05) is 42.5 Å². The number of primary amides is 1. The highest BCUT2D eigenvalue weighted by Crippen LogP contribution is 2.10. The first-order valence-electron chi connectivity index (χ1n) is 6.05. The van der Waals surface area contributed by atoms with Crippen molar-refractivity contribution in [2.24, 2.45) is 5.73 Å². The molecule has 0 radical (unpaired) electrons.